The fraction of sp³-hybridized carbons (Fsp3) is 0.423. The van der Waals surface area contributed by atoms with Gasteiger partial charge in [0.1, 0.15) is 18.5 Å². The van der Waals surface area contributed by atoms with Gasteiger partial charge < -0.3 is 14.2 Å². The van der Waals surface area contributed by atoms with Crippen molar-refractivity contribution < 1.29 is 32.2 Å². The Hall–Kier alpha value is -3.00. The Labute approximate surface area is 198 Å². The van der Waals surface area contributed by atoms with E-state index in [1.165, 1.54) is 11.2 Å². The van der Waals surface area contributed by atoms with Crippen LogP contribution in [0.15, 0.2) is 48.7 Å². The largest absolute Gasteiger partial charge is 0.497 e. The molecule has 3 rings (SSSR count). The van der Waals surface area contributed by atoms with Crippen molar-refractivity contribution in [3.05, 3.63) is 77.3 Å². The highest BCUT2D eigenvalue weighted by Crippen LogP contribution is 2.31. The Balaban J connectivity index is 1.67. The molecule has 0 aliphatic carbocycles. The number of hydrogen-bond donors (Lipinski definition) is 0. The highest BCUT2D eigenvalue weighted by molar-refractivity contribution is 5.83. The number of rotatable bonds is 8. The van der Waals surface area contributed by atoms with Crippen molar-refractivity contribution in [3.8, 4) is 0 Å². The molecule has 0 saturated heterocycles. The number of hydrogen-bond acceptors (Lipinski definition) is 4. The SMILES string of the molecule is CC(C)(C)OC(=O)N1C(c2cc(F)c(F)c(F)c2)=COC[C@H]1CCCCOCc1ccccc1. The van der Waals surface area contributed by atoms with Crippen LogP contribution in [0.2, 0.25) is 0 Å². The summed E-state index contributed by atoms with van der Waals surface area (Å²) in [5, 5.41) is 0. The van der Waals surface area contributed by atoms with Crippen LogP contribution in [0.5, 0.6) is 0 Å². The van der Waals surface area contributed by atoms with Crippen molar-refractivity contribution in [2.75, 3.05) is 13.2 Å². The molecule has 1 aliphatic heterocycles. The molecule has 0 radical (unpaired) electrons. The van der Waals surface area contributed by atoms with Gasteiger partial charge in [0.15, 0.2) is 17.5 Å². The van der Waals surface area contributed by atoms with Crippen molar-refractivity contribution >= 4 is 11.8 Å². The van der Waals surface area contributed by atoms with Gasteiger partial charge in [0.05, 0.1) is 18.3 Å². The van der Waals surface area contributed by atoms with Crippen molar-refractivity contribution in [1.29, 1.82) is 0 Å². The van der Waals surface area contributed by atoms with Crippen molar-refractivity contribution in [2.24, 2.45) is 0 Å². The second-order valence-corrected chi connectivity index (χ2v) is 9.13. The number of carbonyl (C=O) groups is 1. The molecule has 0 aromatic heterocycles. The van der Waals surface area contributed by atoms with Gasteiger partial charge in [0.2, 0.25) is 0 Å². The molecule has 0 bridgehead atoms. The highest BCUT2D eigenvalue weighted by atomic mass is 19.2. The summed E-state index contributed by atoms with van der Waals surface area (Å²) in [6.07, 6.45) is 2.61. The molecule has 0 saturated carbocycles. The molecule has 0 fully saturated rings. The standard InChI is InChI=1S/C26H30F3NO4/c1-26(2,3)34-25(31)30-20(11-7-8-12-32-15-18-9-5-4-6-10-18)16-33-17-23(30)19-13-21(27)24(29)22(28)14-19/h4-6,9-10,13-14,17,20H,7-8,11-12,15-16H2,1-3H3/t20-/m1/s1. The van der Waals surface area contributed by atoms with Crippen LogP contribution in [-0.2, 0) is 20.8 Å². The molecular weight excluding hydrogens is 447 g/mol. The topological polar surface area (TPSA) is 48.0 Å². The van der Waals surface area contributed by atoms with E-state index in [2.05, 4.69) is 0 Å². The lowest BCUT2D eigenvalue weighted by atomic mass is 10.0. The van der Waals surface area contributed by atoms with Gasteiger partial charge in [-0.15, -0.1) is 0 Å². The number of nitrogens with zero attached hydrogens (tertiary/aromatic N) is 1. The summed E-state index contributed by atoms with van der Waals surface area (Å²) >= 11 is 0. The Bertz CT molecular complexity index is 982. The van der Waals surface area contributed by atoms with Gasteiger partial charge in [-0.1, -0.05) is 30.3 Å². The van der Waals surface area contributed by atoms with E-state index >= 15 is 0 Å². The Morgan fingerprint density at radius 2 is 1.76 bits per heavy atom. The predicted molar refractivity (Wildman–Crippen MR) is 122 cm³/mol. The number of benzene rings is 2. The lowest BCUT2D eigenvalue weighted by molar-refractivity contribution is 0.0165. The number of ether oxygens (including phenoxy) is 3. The van der Waals surface area contributed by atoms with E-state index < -0.39 is 35.2 Å². The third-order valence-electron chi connectivity index (χ3n) is 5.17. The Kier molecular flexibility index (Phi) is 8.61. The zero-order valence-corrected chi connectivity index (χ0v) is 19.7. The van der Waals surface area contributed by atoms with E-state index in [-0.39, 0.29) is 17.9 Å². The maximum Gasteiger partial charge on any atom is 0.415 e. The zero-order chi connectivity index (χ0) is 24.7. The van der Waals surface area contributed by atoms with Crippen LogP contribution in [0.4, 0.5) is 18.0 Å². The van der Waals surface area contributed by atoms with Crippen LogP contribution in [-0.4, -0.2) is 35.8 Å². The molecule has 8 heteroatoms. The Morgan fingerprint density at radius 1 is 1.09 bits per heavy atom. The molecule has 184 valence electrons. The minimum absolute atomic E-state index is 0.0156. The lowest BCUT2D eigenvalue weighted by Gasteiger charge is -2.37. The average molecular weight is 478 g/mol. The fourth-order valence-electron chi connectivity index (χ4n) is 3.60. The molecule has 0 unspecified atom stereocenters. The molecule has 0 N–H and O–H groups in total. The van der Waals surface area contributed by atoms with Gasteiger partial charge in [-0.2, -0.15) is 0 Å². The van der Waals surface area contributed by atoms with Crippen LogP contribution >= 0.6 is 0 Å². The summed E-state index contributed by atoms with van der Waals surface area (Å²) in [5.74, 6) is -4.27. The molecule has 34 heavy (non-hydrogen) atoms. The summed E-state index contributed by atoms with van der Waals surface area (Å²) in [5.41, 5.74) is 0.407. The van der Waals surface area contributed by atoms with E-state index in [1.54, 1.807) is 20.8 Å². The zero-order valence-electron chi connectivity index (χ0n) is 19.7. The quantitative estimate of drug-likeness (QED) is 0.325. The third-order valence-corrected chi connectivity index (χ3v) is 5.17. The van der Waals surface area contributed by atoms with Crippen LogP contribution < -0.4 is 0 Å². The first-order valence-corrected chi connectivity index (χ1v) is 11.3. The van der Waals surface area contributed by atoms with E-state index in [1.807, 2.05) is 30.3 Å². The number of carbonyl (C=O) groups excluding carboxylic acids is 1. The average Bonchev–Trinajstić information content (AvgIpc) is 2.78. The fourth-order valence-corrected chi connectivity index (χ4v) is 3.60. The Morgan fingerprint density at radius 3 is 2.41 bits per heavy atom. The minimum Gasteiger partial charge on any atom is -0.497 e. The first-order valence-electron chi connectivity index (χ1n) is 11.3. The smallest absolute Gasteiger partial charge is 0.415 e. The van der Waals surface area contributed by atoms with Gasteiger partial charge >= 0.3 is 6.09 Å². The molecule has 1 aliphatic rings. The molecule has 1 heterocycles. The first-order chi connectivity index (χ1) is 16.2. The van der Waals surface area contributed by atoms with Crippen LogP contribution in [0.1, 0.15) is 51.2 Å². The van der Waals surface area contributed by atoms with Crippen LogP contribution in [0.3, 0.4) is 0 Å². The number of halogens is 3. The molecule has 2 aromatic rings. The molecular formula is C26H30F3NO4. The second kappa shape index (κ2) is 11.4. The van der Waals surface area contributed by atoms with E-state index in [0.29, 0.717) is 19.6 Å². The molecule has 1 amide bonds. The predicted octanol–water partition coefficient (Wildman–Crippen LogP) is 6.43. The van der Waals surface area contributed by atoms with Gasteiger partial charge in [-0.25, -0.2) is 18.0 Å². The van der Waals surface area contributed by atoms with Crippen LogP contribution in [0.25, 0.3) is 5.70 Å². The van der Waals surface area contributed by atoms with Crippen molar-refractivity contribution in [2.45, 2.75) is 58.3 Å². The normalized spacial score (nSPS) is 16.1. The summed E-state index contributed by atoms with van der Waals surface area (Å²) in [6.45, 7) is 6.44. The molecule has 0 spiro atoms. The van der Waals surface area contributed by atoms with Crippen molar-refractivity contribution in [1.82, 2.24) is 4.90 Å². The van der Waals surface area contributed by atoms with Crippen molar-refractivity contribution in [3.63, 3.8) is 0 Å². The lowest BCUT2D eigenvalue weighted by Crippen LogP contribution is -2.46. The van der Waals surface area contributed by atoms with E-state index in [4.69, 9.17) is 14.2 Å². The second-order valence-electron chi connectivity index (χ2n) is 9.13. The van der Waals surface area contributed by atoms with Gasteiger partial charge in [-0.05, 0) is 57.7 Å². The summed E-state index contributed by atoms with van der Waals surface area (Å²) in [7, 11) is 0. The molecule has 2 aromatic carbocycles. The minimum atomic E-state index is -1.57. The monoisotopic (exact) mass is 477 g/mol. The summed E-state index contributed by atoms with van der Waals surface area (Å²) in [6, 6.07) is 11.1. The maximum atomic E-state index is 13.9. The van der Waals surface area contributed by atoms with E-state index in [9.17, 15) is 18.0 Å². The summed E-state index contributed by atoms with van der Waals surface area (Å²) in [4.78, 5) is 14.4. The van der Waals surface area contributed by atoms with Gasteiger partial charge in [0, 0.05) is 12.2 Å². The number of unbranched alkanes of at least 4 members (excludes halogenated alkanes) is 1. The molecule has 5 nitrogen and oxygen atoms in total. The van der Waals surface area contributed by atoms with Gasteiger partial charge in [0.25, 0.3) is 0 Å². The molecule has 1 atom stereocenters. The number of amides is 1. The summed E-state index contributed by atoms with van der Waals surface area (Å²) < 4.78 is 58.1. The maximum absolute atomic E-state index is 13.9. The first kappa shape index (κ1) is 25.6. The highest BCUT2D eigenvalue weighted by Gasteiger charge is 2.35. The third kappa shape index (κ3) is 7.00. The van der Waals surface area contributed by atoms with E-state index in [0.717, 1.165) is 30.5 Å². The van der Waals surface area contributed by atoms with Gasteiger partial charge in [-0.3, -0.25) is 4.90 Å². The van der Waals surface area contributed by atoms with Crippen LogP contribution in [0, 0.1) is 17.5 Å².